The van der Waals surface area contributed by atoms with Crippen LogP contribution in [0.5, 0.6) is 0 Å². The van der Waals surface area contributed by atoms with Crippen molar-refractivity contribution in [2.45, 2.75) is 39.0 Å². The molecule has 96 valence electrons. The molecule has 0 unspecified atom stereocenters. The van der Waals surface area contributed by atoms with Gasteiger partial charge in [-0.2, -0.15) is 0 Å². The lowest BCUT2D eigenvalue weighted by molar-refractivity contribution is 0.645. The molecule has 0 fully saturated rings. The molecule has 0 saturated heterocycles. The second kappa shape index (κ2) is 8.07. The van der Waals surface area contributed by atoms with Crippen LogP contribution in [0, 0.1) is 0 Å². The summed E-state index contributed by atoms with van der Waals surface area (Å²) in [6.07, 6.45) is 6.28. The molecule has 0 spiro atoms. The highest BCUT2D eigenvalue weighted by Crippen LogP contribution is 2.32. The van der Waals surface area contributed by atoms with Gasteiger partial charge in [0.25, 0.3) is 0 Å². The summed E-state index contributed by atoms with van der Waals surface area (Å²) in [4.78, 5) is 0. The van der Waals surface area contributed by atoms with Crippen LogP contribution in [0.2, 0.25) is 15.1 Å². The van der Waals surface area contributed by atoms with Crippen LogP contribution >= 0.6 is 34.8 Å². The third-order valence-corrected chi connectivity index (χ3v) is 3.64. The van der Waals surface area contributed by atoms with Crippen molar-refractivity contribution in [3.8, 4) is 0 Å². The van der Waals surface area contributed by atoms with Gasteiger partial charge in [-0.15, -0.1) is 0 Å². The minimum absolute atomic E-state index is 0.491. The first-order valence-corrected chi connectivity index (χ1v) is 7.17. The van der Waals surface area contributed by atoms with Gasteiger partial charge in [-0.05, 0) is 18.6 Å². The minimum atomic E-state index is 0.491. The van der Waals surface area contributed by atoms with Gasteiger partial charge in [-0.25, -0.2) is 0 Å². The summed E-state index contributed by atoms with van der Waals surface area (Å²) >= 11 is 17.9. The van der Waals surface area contributed by atoms with Gasteiger partial charge in [0.15, 0.2) is 0 Å². The van der Waals surface area contributed by atoms with E-state index in [0.29, 0.717) is 15.1 Å². The van der Waals surface area contributed by atoms with Crippen molar-refractivity contribution in [3.05, 3.63) is 27.2 Å². The predicted molar refractivity (Wildman–Crippen MR) is 78.7 cm³/mol. The number of rotatable bonds is 7. The molecule has 0 atom stereocenters. The first kappa shape index (κ1) is 14.9. The van der Waals surface area contributed by atoms with E-state index in [1.165, 1.54) is 25.7 Å². The second-order valence-electron chi connectivity index (χ2n) is 4.09. The summed E-state index contributed by atoms with van der Waals surface area (Å²) in [5.41, 5.74) is 0.858. The SMILES string of the molecule is CCCCCCCNc1cc(Cl)c(Cl)cc1Cl. The van der Waals surface area contributed by atoms with E-state index in [4.69, 9.17) is 34.8 Å². The Morgan fingerprint density at radius 3 is 2.24 bits per heavy atom. The molecule has 0 bridgehead atoms. The first-order valence-electron chi connectivity index (χ1n) is 6.03. The van der Waals surface area contributed by atoms with Crippen LogP contribution in [0.15, 0.2) is 12.1 Å². The van der Waals surface area contributed by atoms with Crippen LogP contribution < -0.4 is 5.32 Å². The molecule has 0 aliphatic rings. The predicted octanol–water partition coefficient (Wildman–Crippen LogP) is 6.03. The Kier molecular flexibility index (Phi) is 7.10. The minimum Gasteiger partial charge on any atom is -0.384 e. The molecule has 0 aliphatic carbocycles. The lowest BCUT2D eigenvalue weighted by atomic mass is 10.1. The summed E-state index contributed by atoms with van der Waals surface area (Å²) in [6, 6.07) is 3.45. The number of halogens is 3. The van der Waals surface area contributed by atoms with Gasteiger partial charge in [-0.3, -0.25) is 0 Å². The summed E-state index contributed by atoms with van der Waals surface area (Å²) in [5.74, 6) is 0. The zero-order valence-corrected chi connectivity index (χ0v) is 12.3. The smallest absolute Gasteiger partial charge is 0.0653 e. The van der Waals surface area contributed by atoms with Gasteiger partial charge in [0.1, 0.15) is 0 Å². The van der Waals surface area contributed by atoms with Gasteiger partial charge in [0.2, 0.25) is 0 Å². The van der Waals surface area contributed by atoms with Crippen molar-refractivity contribution >= 4 is 40.5 Å². The quantitative estimate of drug-likeness (QED) is 0.478. The Bertz CT molecular complexity index is 353. The third-order valence-electron chi connectivity index (χ3n) is 2.61. The monoisotopic (exact) mass is 293 g/mol. The van der Waals surface area contributed by atoms with Gasteiger partial charge in [0.05, 0.1) is 20.8 Å². The van der Waals surface area contributed by atoms with Gasteiger partial charge in [0, 0.05) is 6.54 Å². The molecule has 0 radical (unpaired) electrons. The molecule has 0 amide bonds. The summed E-state index contributed by atoms with van der Waals surface area (Å²) in [5, 5.41) is 4.92. The molecule has 17 heavy (non-hydrogen) atoms. The normalized spacial score (nSPS) is 10.6. The number of hydrogen-bond donors (Lipinski definition) is 1. The molecule has 1 nitrogen and oxygen atoms in total. The summed E-state index contributed by atoms with van der Waals surface area (Å²) < 4.78 is 0. The Hall–Kier alpha value is -0.110. The highest BCUT2D eigenvalue weighted by Gasteiger charge is 2.05. The van der Waals surface area contributed by atoms with E-state index >= 15 is 0 Å². The Morgan fingerprint density at radius 1 is 0.882 bits per heavy atom. The molecule has 1 aromatic carbocycles. The lowest BCUT2D eigenvalue weighted by Crippen LogP contribution is -2.02. The van der Waals surface area contributed by atoms with Crippen molar-refractivity contribution in [2.75, 3.05) is 11.9 Å². The fourth-order valence-corrected chi connectivity index (χ4v) is 2.22. The Morgan fingerprint density at radius 2 is 1.53 bits per heavy atom. The number of nitrogens with one attached hydrogen (secondary N) is 1. The van der Waals surface area contributed by atoms with Crippen LogP contribution in [-0.2, 0) is 0 Å². The maximum Gasteiger partial charge on any atom is 0.0653 e. The largest absolute Gasteiger partial charge is 0.384 e. The summed E-state index contributed by atoms with van der Waals surface area (Å²) in [6.45, 7) is 3.13. The summed E-state index contributed by atoms with van der Waals surface area (Å²) in [7, 11) is 0. The van der Waals surface area contributed by atoms with E-state index < -0.39 is 0 Å². The van der Waals surface area contributed by atoms with Crippen LogP contribution in [-0.4, -0.2) is 6.54 Å². The number of unbranched alkanes of at least 4 members (excludes halogenated alkanes) is 4. The molecule has 0 aliphatic heterocycles. The molecule has 0 heterocycles. The highest BCUT2D eigenvalue weighted by molar-refractivity contribution is 6.44. The number of anilines is 1. The van der Waals surface area contributed by atoms with Crippen molar-refractivity contribution in [1.82, 2.24) is 0 Å². The van der Waals surface area contributed by atoms with Crippen LogP contribution in [0.25, 0.3) is 0 Å². The molecular formula is C13H18Cl3N. The van der Waals surface area contributed by atoms with Crippen LogP contribution in [0.3, 0.4) is 0 Å². The first-order chi connectivity index (χ1) is 8.15. The second-order valence-corrected chi connectivity index (χ2v) is 5.31. The zero-order chi connectivity index (χ0) is 12.7. The molecule has 1 rings (SSSR count). The topological polar surface area (TPSA) is 12.0 Å². The van der Waals surface area contributed by atoms with E-state index in [0.717, 1.165) is 18.7 Å². The highest BCUT2D eigenvalue weighted by atomic mass is 35.5. The maximum atomic E-state index is 6.06. The van der Waals surface area contributed by atoms with Crippen LogP contribution in [0.1, 0.15) is 39.0 Å². The van der Waals surface area contributed by atoms with Crippen LogP contribution in [0.4, 0.5) is 5.69 Å². The third kappa shape index (κ3) is 5.37. The zero-order valence-electron chi connectivity index (χ0n) is 10.0. The Labute approximate surface area is 118 Å². The average molecular weight is 295 g/mol. The fourth-order valence-electron chi connectivity index (χ4n) is 1.61. The van der Waals surface area contributed by atoms with E-state index in [1.54, 1.807) is 12.1 Å². The van der Waals surface area contributed by atoms with E-state index in [9.17, 15) is 0 Å². The standard InChI is InChI=1S/C13H18Cl3N/c1-2-3-4-5-6-7-17-13-9-11(15)10(14)8-12(13)16/h8-9,17H,2-7H2,1H3. The van der Waals surface area contributed by atoms with Crippen molar-refractivity contribution < 1.29 is 0 Å². The molecular weight excluding hydrogens is 277 g/mol. The maximum absolute atomic E-state index is 6.06. The molecule has 1 aromatic rings. The van der Waals surface area contributed by atoms with Gasteiger partial charge in [-0.1, -0.05) is 67.4 Å². The number of hydrogen-bond acceptors (Lipinski definition) is 1. The fraction of sp³-hybridized carbons (Fsp3) is 0.538. The molecule has 0 aromatic heterocycles. The van der Waals surface area contributed by atoms with E-state index in [1.807, 2.05) is 0 Å². The van der Waals surface area contributed by atoms with Gasteiger partial charge >= 0.3 is 0 Å². The van der Waals surface area contributed by atoms with Crippen molar-refractivity contribution in [1.29, 1.82) is 0 Å². The number of benzene rings is 1. The van der Waals surface area contributed by atoms with Gasteiger partial charge < -0.3 is 5.32 Å². The van der Waals surface area contributed by atoms with E-state index in [2.05, 4.69) is 12.2 Å². The molecule has 1 N–H and O–H groups in total. The Balaban J connectivity index is 2.34. The van der Waals surface area contributed by atoms with Crippen molar-refractivity contribution in [3.63, 3.8) is 0 Å². The van der Waals surface area contributed by atoms with E-state index in [-0.39, 0.29) is 0 Å². The van der Waals surface area contributed by atoms with Crippen molar-refractivity contribution in [2.24, 2.45) is 0 Å². The average Bonchev–Trinajstić information content (AvgIpc) is 2.30. The lowest BCUT2D eigenvalue weighted by Gasteiger charge is -2.09. The molecule has 0 saturated carbocycles. The molecule has 4 heteroatoms.